The van der Waals surface area contributed by atoms with E-state index in [4.69, 9.17) is 4.74 Å². The van der Waals surface area contributed by atoms with Crippen LogP contribution in [0, 0.1) is 0 Å². The van der Waals surface area contributed by atoms with Gasteiger partial charge in [-0.15, -0.1) is 11.3 Å². The van der Waals surface area contributed by atoms with Gasteiger partial charge in [0.25, 0.3) is 0 Å². The molecule has 3 heterocycles. The predicted octanol–water partition coefficient (Wildman–Crippen LogP) is 1.26. The third kappa shape index (κ3) is 5.13. The summed E-state index contributed by atoms with van der Waals surface area (Å²) in [6, 6.07) is 7.41. The molecule has 0 aliphatic carbocycles. The van der Waals surface area contributed by atoms with Crippen LogP contribution in [0.15, 0.2) is 29.6 Å². The number of hydrogen-bond donors (Lipinski definition) is 2. The fourth-order valence-corrected chi connectivity index (χ4v) is 4.44. The van der Waals surface area contributed by atoms with Crippen molar-refractivity contribution in [2.45, 2.75) is 25.3 Å². The van der Waals surface area contributed by atoms with Crippen LogP contribution < -0.4 is 20.3 Å². The number of rotatable bonds is 6. The number of carbonyl (C=O) groups is 3. The molecule has 3 amide bonds. The number of benzene rings is 1. The van der Waals surface area contributed by atoms with E-state index in [9.17, 15) is 14.4 Å². The van der Waals surface area contributed by atoms with Crippen molar-refractivity contribution >= 4 is 39.9 Å². The molecule has 2 saturated heterocycles. The SMILES string of the molecule is COc1ccc(N2CCN(C(=O)Cc3csc(NC(=O)C4CCC(=O)N4)n3)CC2)cc1. The van der Waals surface area contributed by atoms with E-state index >= 15 is 0 Å². The summed E-state index contributed by atoms with van der Waals surface area (Å²) in [5, 5.41) is 7.58. The fourth-order valence-electron chi connectivity index (χ4n) is 3.72. The lowest BCUT2D eigenvalue weighted by Gasteiger charge is -2.36. The number of methoxy groups -OCH3 is 1. The average Bonchev–Trinajstić information content (AvgIpc) is 3.42. The van der Waals surface area contributed by atoms with Gasteiger partial charge in [0.15, 0.2) is 5.13 Å². The number of nitrogens with zero attached hydrogens (tertiary/aromatic N) is 3. The summed E-state index contributed by atoms with van der Waals surface area (Å²) in [4.78, 5) is 44.6. The summed E-state index contributed by atoms with van der Waals surface area (Å²) in [6.07, 6.45) is 1.06. The van der Waals surface area contributed by atoms with E-state index in [0.29, 0.717) is 36.8 Å². The van der Waals surface area contributed by atoms with Gasteiger partial charge in [0.05, 0.1) is 19.2 Å². The zero-order valence-corrected chi connectivity index (χ0v) is 18.1. The van der Waals surface area contributed by atoms with Gasteiger partial charge in [0, 0.05) is 43.7 Å². The first kappa shape index (κ1) is 21.1. The quantitative estimate of drug-likeness (QED) is 0.697. The third-order valence-corrected chi connectivity index (χ3v) is 6.30. The van der Waals surface area contributed by atoms with Crippen molar-refractivity contribution in [3.63, 3.8) is 0 Å². The molecule has 0 bridgehead atoms. The Balaban J connectivity index is 1.25. The molecule has 1 aromatic heterocycles. The Labute approximate surface area is 184 Å². The van der Waals surface area contributed by atoms with Crippen LogP contribution in [-0.2, 0) is 20.8 Å². The third-order valence-electron chi connectivity index (χ3n) is 5.50. The van der Waals surface area contributed by atoms with E-state index in [1.807, 2.05) is 29.2 Å². The molecule has 0 saturated carbocycles. The second-order valence-corrected chi connectivity index (χ2v) is 8.39. The Bertz CT molecular complexity index is 953. The molecule has 0 radical (unpaired) electrons. The van der Waals surface area contributed by atoms with Gasteiger partial charge in [-0.25, -0.2) is 4.98 Å². The van der Waals surface area contributed by atoms with Crippen molar-refractivity contribution < 1.29 is 19.1 Å². The van der Waals surface area contributed by atoms with E-state index < -0.39 is 6.04 Å². The summed E-state index contributed by atoms with van der Waals surface area (Å²) >= 11 is 1.28. The number of piperazine rings is 1. The average molecular weight is 444 g/mol. The summed E-state index contributed by atoms with van der Waals surface area (Å²) in [5.74, 6) is 0.468. The normalized spacial score (nSPS) is 18.6. The highest BCUT2D eigenvalue weighted by Crippen LogP contribution is 2.21. The minimum absolute atomic E-state index is 0.0283. The van der Waals surface area contributed by atoms with Crippen molar-refractivity contribution in [1.82, 2.24) is 15.2 Å². The number of thiazole rings is 1. The molecule has 1 aromatic carbocycles. The first-order chi connectivity index (χ1) is 15.0. The highest BCUT2D eigenvalue weighted by atomic mass is 32.1. The van der Waals surface area contributed by atoms with Crippen LogP contribution in [0.4, 0.5) is 10.8 Å². The highest BCUT2D eigenvalue weighted by molar-refractivity contribution is 7.13. The molecule has 2 aliphatic heterocycles. The maximum Gasteiger partial charge on any atom is 0.248 e. The van der Waals surface area contributed by atoms with Crippen LogP contribution in [0.1, 0.15) is 18.5 Å². The molecule has 164 valence electrons. The number of ether oxygens (including phenoxy) is 1. The van der Waals surface area contributed by atoms with Crippen molar-refractivity contribution in [2.75, 3.05) is 43.5 Å². The van der Waals surface area contributed by atoms with Gasteiger partial charge < -0.3 is 25.2 Å². The summed E-state index contributed by atoms with van der Waals surface area (Å²) in [5.41, 5.74) is 1.75. The molecule has 1 atom stereocenters. The standard InChI is InChI=1S/C21H25N5O4S/c1-30-16-4-2-15(3-5-16)25-8-10-26(11-9-25)19(28)12-14-13-31-21(22-14)24-20(29)17-6-7-18(27)23-17/h2-5,13,17H,6-12H2,1H3,(H,23,27)(H,22,24,29). The summed E-state index contributed by atoms with van der Waals surface area (Å²) < 4.78 is 5.20. The fraction of sp³-hybridized carbons (Fsp3) is 0.429. The van der Waals surface area contributed by atoms with Crippen molar-refractivity contribution in [3.8, 4) is 5.75 Å². The lowest BCUT2D eigenvalue weighted by atomic mass is 10.2. The lowest BCUT2D eigenvalue weighted by Crippen LogP contribution is -2.49. The number of anilines is 2. The minimum atomic E-state index is -0.511. The van der Waals surface area contributed by atoms with Crippen molar-refractivity contribution in [2.24, 2.45) is 0 Å². The van der Waals surface area contributed by atoms with E-state index in [1.165, 1.54) is 11.3 Å². The molecule has 1 unspecified atom stereocenters. The predicted molar refractivity (Wildman–Crippen MR) is 117 cm³/mol. The molecule has 2 aromatic rings. The van der Waals surface area contributed by atoms with Crippen LogP contribution in [0.5, 0.6) is 5.75 Å². The molecule has 2 fully saturated rings. The minimum Gasteiger partial charge on any atom is -0.497 e. The first-order valence-electron chi connectivity index (χ1n) is 10.2. The number of nitrogens with one attached hydrogen (secondary N) is 2. The van der Waals surface area contributed by atoms with E-state index in [1.54, 1.807) is 12.5 Å². The monoisotopic (exact) mass is 443 g/mol. The van der Waals surface area contributed by atoms with Crippen molar-refractivity contribution in [3.05, 3.63) is 35.3 Å². The summed E-state index contributed by atoms with van der Waals surface area (Å²) in [7, 11) is 1.65. The second kappa shape index (κ2) is 9.34. The van der Waals surface area contributed by atoms with Gasteiger partial charge in [-0.3, -0.25) is 14.4 Å². The number of aromatic nitrogens is 1. The Hall–Kier alpha value is -3.14. The Morgan fingerprint density at radius 1 is 1.23 bits per heavy atom. The smallest absolute Gasteiger partial charge is 0.248 e. The maximum absolute atomic E-state index is 12.7. The van der Waals surface area contributed by atoms with Gasteiger partial charge in [-0.05, 0) is 30.7 Å². The zero-order chi connectivity index (χ0) is 21.8. The van der Waals surface area contributed by atoms with Crippen LogP contribution in [0.2, 0.25) is 0 Å². The highest BCUT2D eigenvalue weighted by Gasteiger charge is 2.28. The molecule has 2 aliphatic rings. The van der Waals surface area contributed by atoms with Gasteiger partial charge in [0.1, 0.15) is 11.8 Å². The Kier molecular flexibility index (Phi) is 6.36. The van der Waals surface area contributed by atoms with Gasteiger partial charge in [0.2, 0.25) is 17.7 Å². The van der Waals surface area contributed by atoms with Crippen LogP contribution in [-0.4, -0.2) is 66.9 Å². The zero-order valence-electron chi connectivity index (χ0n) is 17.3. The van der Waals surface area contributed by atoms with Gasteiger partial charge >= 0.3 is 0 Å². The molecular formula is C21H25N5O4S. The second-order valence-electron chi connectivity index (χ2n) is 7.53. The molecule has 4 rings (SSSR count). The topological polar surface area (TPSA) is 104 Å². The Morgan fingerprint density at radius 2 is 1.97 bits per heavy atom. The summed E-state index contributed by atoms with van der Waals surface area (Å²) in [6.45, 7) is 2.84. The molecule has 0 spiro atoms. The van der Waals surface area contributed by atoms with Crippen LogP contribution in [0.3, 0.4) is 0 Å². The molecule has 10 heteroatoms. The number of hydrogen-bond acceptors (Lipinski definition) is 7. The molecule has 31 heavy (non-hydrogen) atoms. The largest absolute Gasteiger partial charge is 0.497 e. The van der Waals surface area contributed by atoms with E-state index in [0.717, 1.165) is 24.5 Å². The van der Waals surface area contributed by atoms with E-state index in [-0.39, 0.29) is 24.1 Å². The van der Waals surface area contributed by atoms with E-state index in [2.05, 4.69) is 20.5 Å². The maximum atomic E-state index is 12.7. The molecule has 2 N–H and O–H groups in total. The lowest BCUT2D eigenvalue weighted by molar-refractivity contribution is -0.130. The molecule has 9 nitrogen and oxygen atoms in total. The Morgan fingerprint density at radius 3 is 2.61 bits per heavy atom. The molecular weight excluding hydrogens is 418 g/mol. The van der Waals surface area contributed by atoms with Crippen LogP contribution in [0.25, 0.3) is 0 Å². The van der Waals surface area contributed by atoms with Gasteiger partial charge in [-0.2, -0.15) is 0 Å². The van der Waals surface area contributed by atoms with Crippen molar-refractivity contribution in [1.29, 1.82) is 0 Å². The first-order valence-corrected chi connectivity index (χ1v) is 11.1. The number of amides is 3. The number of carbonyl (C=O) groups excluding carboxylic acids is 3. The van der Waals surface area contributed by atoms with Crippen LogP contribution >= 0.6 is 11.3 Å². The van der Waals surface area contributed by atoms with Gasteiger partial charge in [-0.1, -0.05) is 0 Å².